The summed E-state index contributed by atoms with van der Waals surface area (Å²) in [6.45, 7) is 4.09. The fourth-order valence-electron chi connectivity index (χ4n) is 4.23. The first-order valence-electron chi connectivity index (χ1n) is 11.3. The van der Waals surface area contributed by atoms with E-state index in [9.17, 15) is 18.0 Å². The number of ether oxygens (including phenoxy) is 1. The summed E-state index contributed by atoms with van der Waals surface area (Å²) in [6, 6.07) is 17.0. The molecular weight excluding hydrogens is 457 g/mol. The van der Waals surface area contributed by atoms with Gasteiger partial charge in [0, 0.05) is 32.4 Å². The summed E-state index contributed by atoms with van der Waals surface area (Å²) in [7, 11) is 1.56. The van der Waals surface area contributed by atoms with Gasteiger partial charge < -0.3 is 15.0 Å². The number of rotatable bonds is 6. The third-order valence-electron chi connectivity index (χ3n) is 6.06. The van der Waals surface area contributed by atoms with Gasteiger partial charge in [-0.2, -0.15) is 13.2 Å². The summed E-state index contributed by atoms with van der Waals surface area (Å²) < 4.78 is 44.0. The second-order valence-corrected chi connectivity index (χ2v) is 8.43. The number of pyridine rings is 1. The summed E-state index contributed by atoms with van der Waals surface area (Å²) in [4.78, 5) is 21.6. The minimum atomic E-state index is -4.42. The topological polar surface area (TPSA) is 57.7 Å². The van der Waals surface area contributed by atoms with Crippen molar-refractivity contribution in [2.24, 2.45) is 0 Å². The molecule has 2 aromatic carbocycles. The number of piperazine rings is 1. The molecule has 3 aromatic rings. The molecule has 0 bridgehead atoms. The van der Waals surface area contributed by atoms with Gasteiger partial charge in [0.2, 0.25) is 5.91 Å². The highest BCUT2D eigenvalue weighted by atomic mass is 19.4. The Morgan fingerprint density at radius 2 is 1.74 bits per heavy atom. The fourth-order valence-corrected chi connectivity index (χ4v) is 4.23. The highest BCUT2D eigenvalue weighted by Gasteiger charge is 2.33. The Hall–Kier alpha value is -3.59. The van der Waals surface area contributed by atoms with Gasteiger partial charge in [-0.3, -0.25) is 9.69 Å². The normalized spacial score (nSPS) is 15.5. The molecule has 1 atom stereocenters. The second kappa shape index (κ2) is 10.4. The number of aryl methyl sites for hydroxylation is 1. The maximum absolute atomic E-state index is 13.5. The van der Waals surface area contributed by atoms with Gasteiger partial charge in [-0.1, -0.05) is 36.4 Å². The van der Waals surface area contributed by atoms with Crippen molar-refractivity contribution in [1.29, 1.82) is 0 Å². The van der Waals surface area contributed by atoms with Gasteiger partial charge in [0.25, 0.3) is 0 Å². The molecule has 0 spiro atoms. The third kappa shape index (κ3) is 5.74. The SMILES string of the molecule is COc1ccc(C)cc1NC(=O)[C@@H](c1ccccc1)N1CCN(c2ccc(C(F)(F)F)cn2)CC1. The first kappa shape index (κ1) is 24.5. The molecule has 2 heterocycles. The highest BCUT2D eigenvalue weighted by molar-refractivity contribution is 5.97. The number of methoxy groups -OCH3 is 1. The number of carbonyl (C=O) groups is 1. The number of anilines is 2. The highest BCUT2D eigenvalue weighted by Crippen LogP contribution is 2.31. The second-order valence-electron chi connectivity index (χ2n) is 8.43. The Morgan fingerprint density at radius 3 is 2.34 bits per heavy atom. The van der Waals surface area contributed by atoms with Crippen LogP contribution in [-0.2, 0) is 11.0 Å². The van der Waals surface area contributed by atoms with Crippen LogP contribution in [0, 0.1) is 6.92 Å². The molecular formula is C26H27F3N4O2. The summed E-state index contributed by atoms with van der Waals surface area (Å²) in [6.07, 6.45) is -3.56. The van der Waals surface area contributed by atoms with Crippen LogP contribution in [0.2, 0.25) is 0 Å². The van der Waals surface area contributed by atoms with Crippen LogP contribution in [-0.4, -0.2) is 49.1 Å². The van der Waals surface area contributed by atoms with Gasteiger partial charge in [0.1, 0.15) is 17.6 Å². The number of halogens is 3. The van der Waals surface area contributed by atoms with E-state index in [1.165, 1.54) is 6.07 Å². The lowest BCUT2D eigenvalue weighted by molar-refractivity contribution is -0.137. The smallest absolute Gasteiger partial charge is 0.417 e. The third-order valence-corrected chi connectivity index (χ3v) is 6.06. The van der Waals surface area contributed by atoms with E-state index in [4.69, 9.17) is 4.74 Å². The summed E-state index contributed by atoms with van der Waals surface area (Å²) in [5, 5.41) is 3.02. The molecule has 1 amide bonds. The monoisotopic (exact) mass is 484 g/mol. The van der Waals surface area contributed by atoms with Crippen LogP contribution in [0.15, 0.2) is 66.9 Å². The number of amides is 1. The predicted molar refractivity (Wildman–Crippen MR) is 129 cm³/mol. The molecule has 1 aliphatic rings. The van der Waals surface area contributed by atoms with Crippen molar-refractivity contribution in [1.82, 2.24) is 9.88 Å². The largest absolute Gasteiger partial charge is 0.495 e. The van der Waals surface area contributed by atoms with E-state index in [0.29, 0.717) is 43.4 Å². The quantitative estimate of drug-likeness (QED) is 0.538. The summed E-state index contributed by atoms with van der Waals surface area (Å²) >= 11 is 0. The van der Waals surface area contributed by atoms with Gasteiger partial charge in [0.05, 0.1) is 18.4 Å². The van der Waals surface area contributed by atoms with E-state index >= 15 is 0 Å². The number of benzene rings is 2. The zero-order valence-electron chi connectivity index (χ0n) is 19.5. The predicted octanol–water partition coefficient (Wildman–Crippen LogP) is 4.92. The van der Waals surface area contributed by atoms with Crippen molar-refractivity contribution in [2.45, 2.75) is 19.1 Å². The Kier molecular flexibility index (Phi) is 7.25. The van der Waals surface area contributed by atoms with Crippen molar-refractivity contribution >= 4 is 17.4 Å². The number of carbonyl (C=O) groups excluding carboxylic acids is 1. The molecule has 0 radical (unpaired) electrons. The van der Waals surface area contributed by atoms with Gasteiger partial charge >= 0.3 is 6.18 Å². The van der Waals surface area contributed by atoms with Crippen LogP contribution in [0.25, 0.3) is 0 Å². The lowest BCUT2D eigenvalue weighted by Gasteiger charge is -2.39. The first-order valence-corrected chi connectivity index (χ1v) is 11.3. The molecule has 0 saturated carbocycles. The van der Waals surface area contributed by atoms with Gasteiger partial charge in [0.15, 0.2) is 0 Å². The first-order chi connectivity index (χ1) is 16.8. The number of alkyl halides is 3. The van der Waals surface area contributed by atoms with Gasteiger partial charge in [-0.05, 0) is 42.3 Å². The van der Waals surface area contributed by atoms with Crippen molar-refractivity contribution < 1.29 is 22.7 Å². The van der Waals surface area contributed by atoms with E-state index in [0.717, 1.165) is 23.4 Å². The maximum atomic E-state index is 13.5. The van der Waals surface area contributed by atoms with E-state index < -0.39 is 17.8 Å². The molecule has 35 heavy (non-hydrogen) atoms. The molecule has 0 unspecified atom stereocenters. The summed E-state index contributed by atoms with van der Waals surface area (Å²) in [5.74, 6) is 0.887. The molecule has 1 fully saturated rings. The Balaban J connectivity index is 1.51. The van der Waals surface area contributed by atoms with Crippen LogP contribution >= 0.6 is 0 Å². The van der Waals surface area contributed by atoms with Crippen molar-refractivity contribution in [3.8, 4) is 5.75 Å². The molecule has 4 rings (SSSR count). The van der Waals surface area contributed by atoms with Crippen LogP contribution < -0.4 is 15.0 Å². The fraction of sp³-hybridized carbons (Fsp3) is 0.308. The molecule has 1 N–H and O–H groups in total. The minimum Gasteiger partial charge on any atom is -0.495 e. The number of nitrogens with zero attached hydrogens (tertiary/aromatic N) is 3. The molecule has 1 aliphatic heterocycles. The van der Waals surface area contributed by atoms with Crippen LogP contribution in [0.4, 0.5) is 24.7 Å². The Bertz CT molecular complexity index is 1150. The number of aromatic nitrogens is 1. The molecule has 6 nitrogen and oxygen atoms in total. The summed E-state index contributed by atoms with van der Waals surface area (Å²) in [5.41, 5.74) is 1.69. The molecule has 9 heteroatoms. The van der Waals surface area contributed by atoms with Gasteiger partial charge in [-0.15, -0.1) is 0 Å². The van der Waals surface area contributed by atoms with Crippen LogP contribution in [0.5, 0.6) is 5.75 Å². The van der Waals surface area contributed by atoms with E-state index in [2.05, 4.69) is 15.2 Å². The zero-order valence-corrected chi connectivity index (χ0v) is 19.5. The standard InChI is InChI=1S/C26H27F3N4O2/c1-18-8-10-22(35-2)21(16-18)31-25(34)24(19-6-4-3-5-7-19)33-14-12-32(13-15-33)23-11-9-20(17-30-23)26(27,28)29/h3-11,16-17,24H,12-15H2,1-2H3,(H,31,34)/t24-/m1/s1. The van der Waals surface area contributed by atoms with Gasteiger partial charge in [-0.25, -0.2) is 4.98 Å². The maximum Gasteiger partial charge on any atom is 0.417 e. The van der Waals surface area contributed by atoms with E-state index in [-0.39, 0.29) is 5.91 Å². The average molecular weight is 485 g/mol. The van der Waals surface area contributed by atoms with Crippen molar-refractivity contribution in [3.63, 3.8) is 0 Å². The van der Waals surface area contributed by atoms with E-state index in [1.54, 1.807) is 7.11 Å². The molecule has 1 aromatic heterocycles. The molecule has 0 aliphatic carbocycles. The lowest BCUT2D eigenvalue weighted by atomic mass is 10.0. The molecule has 184 valence electrons. The number of nitrogens with one attached hydrogen (secondary N) is 1. The Morgan fingerprint density at radius 1 is 1.03 bits per heavy atom. The Labute approximate surface area is 202 Å². The minimum absolute atomic E-state index is 0.179. The van der Waals surface area contributed by atoms with Crippen LogP contribution in [0.3, 0.4) is 0 Å². The molecule has 1 saturated heterocycles. The van der Waals surface area contributed by atoms with Crippen molar-refractivity contribution in [2.75, 3.05) is 43.5 Å². The zero-order chi connectivity index (χ0) is 25.0. The van der Waals surface area contributed by atoms with Crippen molar-refractivity contribution in [3.05, 3.63) is 83.6 Å². The van der Waals surface area contributed by atoms with Crippen LogP contribution in [0.1, 0.15) is 22.7 Å². The number of hydrogen-bond acceptors (Lipinski definition) is 5. The lowest BCUT2D eigenvalue weighted by Crippen LogP contribution is -2.50. The van der Waals surface area contributed by atoms with E-state index in [1.807, 2.05) is 60.4 Å². The average Bonchev–Trinajstić information content (AvgIpc) is 2.85. The number of hydrogen-bond donors (Lipinski definition) is 1.